The molecular weight excluding hydrogens is 238 g/mol. The van der Waals surface area contributed by atoms with Gasteiger partial charge in [0.25, 0.3) is 0 Å². The number of ether oxygens (including phenoxy) is 1. The van der Waals surface area contributed by atoms with Crippen molar-refractivity contribution in [1.82, 2.24) is 4.57 Å². The van der Waals surface area contributed by atoms with Crippen molar-refractivity contribution >= 4 is 5.78 Å². The summed E-state index contributed by atoms with van der Waals surface area (Å²) in [5.74, 6) is 0.271. The van der Waals surface area contributed by atoms with Gasteiger partial charge in [-0.2, -0.15) is 0 Å². The van der Waals surface area contributed by atoms with E-state index < -0.39 is 0 Å². The fourth-order valence-corrected chi connectivity index (χ4v) is 2.62. The molecule has 0 saturated carbocycles. The Morgan fingerprint density at radius 3 is 2.89 bits per heavy atom. The second-order valence-electron chi connectivity index (χ2n) is 6.32. The summed E-state index contributed by atoms with van der Waals surface area (Å²) in [5, 5.41) is 0. The number of nitrogens with zero attached hydrogens (tertiary/aromatic N) is 1. The van der Waals surface area contributed by atoms with Gasteiger partial charge in [0.05, 0.1) is 13.2 Å². The van der Waals surface area contributed by atoms with Crippen LogP contribution >= 0.6 is 0 Å². The molecule has 0 amide bonds. The van der Waals surface area contributed by atoms with Gasteiger partial charge in [-0.25, -0.2) is 0 Å². The van der Waals surface area contributed by atoms with Gasteiger partial charge in [0.15, 0.2) is 5.78 Å². The first-order valence-corrected chi connectivity index (χ1v) is 6.82. The first-order chi connectivity index (χ1) is 8.89. The fourth-order valence-electron chi connectivity index (χ4n) is 2.62. The number of fused-ring (bicyclic) bond motifs is 1. The van der Waals surface area contributed by atoms with Crippen LogP contribution in [0.15, 0.2) is 24.4 Å². The highest BCUT2D eigenvalue weighted by Crippen LogP contribution is 2.35. The van der Waals surface area contributed by atoms with Crippen LogP contribution in [0, 0.1) is 5.41 Å². The number of ketones is 1. The minimum atomic E-state index is 0.0682. The van der Waals surface area contributed by atoms with Gasteiger partial charge < -0.3 is 9.30 Å². The number of hydrogen-bond donors (Lipinski definition) is 0. The van der Waals surface area contributed by atoms with Crippen molar-refractivity contribution in [1.29, 1.82) is 0 Å². The molecule has 0 aromatic carbocycles. The Balaban J connectivity index is 2.04. The van der Waals surface area contributed by atoms with Crippen LogP contribution in [-0.4, -0.2) is 23.6 Å². The SMILES string of the molecule is C=C(C)COCCn1ccc2c1CC(C)(C)CC2=O. The number of carbonyl (C=O) groups excluding carboxylic acids is 1. The standard InChI is InChI=1S/C16H23NO2/c1-12(2)11-19-8-7-17-6-5-13-14(17)9-16(3,4)10-15(13)18/h5-6H,1,7-11H2,2-4H3. The highest BCUT2D eigenvalue weighted by Gasteiger charge is 2.32. The number of Topliss-reactive ketones (excluding diaryl/α,β-unsaturated/α-hetero) is 1. The van der Waals surface area contributed by atoms with E-state index in [4.69, 9.17) is 4.74 Å². The molecule has 0 fully saturated rings. The molecule has 0 N–H and O–H groups in total. The van der Waals surface area contributed by atoms with E-state index in [-0.39, 0.29) is 11.2 Å². The second-order valence-corrected chi connectivity index (χ2v) is 6.32. The van der Waals surface area contributed by atoms with E-state index in [2.05, 4.69) is 25.0 Å². The van der Waals surface area contributed by atoms with Crippen LogP contribution in [0.25, 0.3) is 0 Å². The normalized spacial score (nSPS) is 17.3. The van der Waals surface area contributed by atoms with E-state index in [0.29, 0.717) is 19.6 Å². The number of aromatic nitrogens is 1. The summed E-state index contributed by atoms with van der Waals surface area (Å²) in [6.45, 7) is 12.1. The van der Waals surface area contributed by atoms with Gasteiger partial charge in [-0.1, -0.05) is 26.0 Å². The second kappa shape index (κ2) is 5.33. The maximum Gasteiger partial charge on any atom is 0.165 e. The minimum absolute atomic E-state index is 0.0682. The summed E-state index contributed by atoms with van der Waals surface area (Å²) in [6.07, 6.45) is 3.62. The molecule has 0 aliphatic heterocycles. The molecule has 1 aromatic rings. The Bertz CT molecular complexity index is 497. The van der Waals surface area contributed by atoms with Crippen LogP contribution < -0.4 is 0 Å². The molecule has 0 bridgehead atoms. The number of carbonyl (C=O) groups is 1. The highest BCUT2D eigenvalue weighted by atomic mass is 16.5. The first kappa shape index (κ1) is 14.1. The third-order valence-electron chi connectivity index (χ3n) is 3.49. The van der Waals surface area contributed by atoms with E-state index >= 15 is 0 Å². The van der Waals surface area contributed by atoms with Crippen LogP contribution in [-0.2, 0) is 17.7 Å². The molecule has 1 heterocycles. The molecule has 1 aliphatic rings. The Hall–Kier alpha value is -1.35. The summed E-state index contributed by atoms with van der Waals surface area (Å²) >= 11 is 0. The van der Waals surface area contributed by atoms with Crippen molar-refractivity contribution < 1.29 is 9.53 Å². The first-order valence-electron chi connectivity index (χ1n) is 6.82. The molecule has 2 rings (SSSR count). The van der Waals surface area contributed by atoms with Crippen molar-refractivity contribution in [3.63, 3.8) is 0 Å². The molecule has 3 heteroatoms. The summed E-state index contributed by atoms with van der Waals surface area (Å²) in [4.78, 5) is 12.1. The zero-order valence-electron chi connectivity index (χ0n) is 12.2. The Morgan fingerprint density at radius 1 is 1.47 bits per heavy atom. The summed E-state index contributed by atoms with van der Waals surface area (Å²) in [6, 6.07) is 1.95. The van der Waals surface area contributed by atoms with Crippen molar-refractivity contribution in [3.05, 3.63) is 35.7 Å². The zero-order chi connectivity index (χ0) is 14.0. The van der Waals surface area contributed by atoms with Crippen molar-refractivity contribution in [3.8, 4) is 0 Å². The molecule has 1 aliphatic carbocycles. The van der Waals surface area contributed by atoms with Crippen LogP contribution in [0.1, 0.15) is 43.2 Å². The van der Waals surface area contributed by atoms with Gasteiger partial charge in [-0.05, 0) is 24.8 Å². The number of rotatable bonds is 5. The predicted octanol–water partition coefficient (Wildman–Crippen LogP) is 3.24. The third kappa shape index (κ3) is 3.35. The van der Waals surface area contributed by atoms with Gasteiger partial charge >= 0.3 is 0 Å². The van der Waals surface area contributed by atoms with E-state index in [1.165, 1.54) is 5.69 Å². The molecule has 0 atom stereocenters. The smallest absolute Gasteiger partial charge is 0.165 e. The molecule has 3 nitrogen and oxygen atoms in total. The molecular formula is C16H23NO2. The Labute approximate surface area is 115 Å². The maximum atomic E-state index is 12.1. The maximum absolute atomic E-state index is 12.1. The van der Waals surface area contributed by atoms with Crippen LogP contribution in [0.5, 0.6) is 0 Å². The molecule has 1 aromatic heterocycles. The molecule has 19 heavy (non-hydrogen) atoms. The predicted molar refractivity (Wildman–Crippen MR) is 76.5 cm³/mol. The lowest BCUT2D eigenvalue weighted by atomic mass is 9.76. The summed E-state index contributed by atoms with van der Waals surface area (Å²) in [5.41, 5.74) is 3.17. The summed E-state index contributed by atoms with van der Waals surface area (Å²) < 4.78 is 7.69. The lowest BCUT2D eigenvalue weighted by Crippen LogP contribution is -2.28. The molecule has 0 unspecified atom stereocenters. The van der Waals surface area contributed by atoms with Crippen LogP contribution in [0.3, 0.4) is 0 Å². The van der Waals surface area contributed by atoms with Crippen LogP contribution in [0.4, 0.5) is 0 Å². The molecule has 0 radical (unpaired) electrons. The van der Waals surface area contributed by atoms with Gasteiger partial charge in [0, 0.05) is 30.4 Å². The van der Waals surface area contributed by atoms with Gasteiger partial charge in [0.2, 0.25) is 0 Å². The topological polar surface area (TPSA) is 31.2 Å². The monoisotopic (exact) mass is 261 g/mol. The Morgan fingerprint density at radius 2 is 2.21 bits per heavy atom. The van der Waals surface area contributed by atoms with E-state index in [9.17, 15) is 4.79 Å². The average Bonchev–Trinajstić information content (AvgIpc) is 2.66. The van der Waals surface area contributed by atoms with Crippen LogP contribution in [0.2, 0.25) is 0 Å². The quantitative estimate of drug-likeness (QED) is 0.602. The van der Waals surface area contributed by atoms with Crippen molar-refractivity contribution in [2.24, 2.45) is 5.41 Å². The van der Waals surface area contributed by atoms with E-state index in [1.54, 1.807) is 0 Å². The minimum Gasteiger partial charge on any atom is -0.375 e. The molecule has 0 spiro atoms. The highest BCUT2D eigenvalue weighted by molar-refractivity contribution is 5.98. The van der Waals surface area contributed by atoms with Gasteiger partial charge in [-0.3, -0.25) is 4.79 Å². The van der Waals surface area contributed by atoms with Gasteiger partial charge in [-0.15, -0.1) is 0 Å². The molecule has 0 saturated heterocycles. The van der Waals surface area contributed by atoms with E-state index in [0.717, 1.165) is 24.1 Å². The fraction of sp³-hybridized carbons (Fsp3) is 0.562. The largest absolute Gasteiger partial charge is 0.375 e. The number of hydrogen-bond acceptors (Lipinski definition) is 2. The van der Waals surface area contributed by atoms with Crippen molar-refractivity contribution in [2.75, 3.05) is 13.2 Å². The summed E-state index contributed by atoms with van der Waals surface area (Å²) in [7, 11) is 0. The van der Waals surface area contributed by atoms with Gasteiger partial charge in [0.1, 0.15) is 0 Å². The molecule has 104 valence electrons. The zero-order valence-corrected chi connectivity index (χ0v) is 12.2. The Kier molecular flexibility index (Phi) is 3.95. The average molecular weight is 261 g/mol. The lowest BCUT2D eigenvalue weighted by Gasteiger charge is -2.29. The van der Waals surface area contributed by atoms with E-state index in [1.807, 2.05) is 19.2 Å². The van der Waals surface area contributed by atoms with Crippen molar-refractivity contribution in [2.45, 2.75) is 40.2 Å². The lowest BCUT2D eigenvalue weighted by molar-refractivity contribution is 0.0908. The third-order valence-corrected chi connectivity index (χ3v) is 3.49.